The van der Waals surface area contributed by atoms with Crippen molar-refractivity contribution in [2.45, 2.75) is 103 Å². The summed E-state index contributed by atoms with van der Waals surface area (Å²) in [5, 5.41) is 41.6. The van der Waals surface area contributed by atoms with Crippen LogP contribution in [0.4, 0.5) is 4.79 Å². The lowest BCUT2D eigenvalue weighted by Crippen LogP contribution is -2.62. The highest BCUT2D eigenvalue weighted by molar-refractivity contribution is 5.99. The van der Waals surface area contributed by atoms with Gasteiger partial charge in [-0.3, -0.25) is 43.8 Å². The number of carboxylic acids is 2. The molecule has 0 radical (unpaired) electrons. The number of nitrogens with zero attached hydrogens (tertiary/aromatic N) is 1. The molecule has 21 heteroatoms. The van der Waals surface area contributed by atoms with Gasteiger partial charge in [-0.1, -0.05) is 74.5 Å². The average Bonchev–Trinajstić information content (AvgIpc) is 4.00. The fraction of sp³-hybridized carbons (Fsp3) is 0.462. The Kier molecular flexibility index (Phi) is 18.4. The maximum Gasteiger partial charge on any atom is 0.408 e. The molecule has 60 heavy (non-hydrogen) atoms. The van der Waals surface area contributed by atoms with E-state index in [2.05, 4.69) is 26.6 Å². The third kappa shape index (κ3) is 16.0. The molecule has 3 rings (SSSR count). The van der Waals surface area contributed by atoms with Crippen LogP contribution in [0.25, 0.3) is 0 Å². The second-order valence-corrected chi connectivity index (χ2v) is 14.3. The van der Waals surface area contributed by atoms with Crippen molar-refractivity contribution in [1.29, 1.82) is 0 Å². The van der Waals surface area contributed by atoms with E-state index in [9.17, 15) is 58.5 Å². The molecule has 326 valence electrons. The fourth-order valence-corrected chi connectivity index (χ4v) is 5.54. The van der Waals surface area contributed by atoms with Crippen molar-refractivity contribution in [2.24, 2.45) is 5.92 Å². The van der Waals surface area contributed by atoms with Gasteiger partial charge in [0, 0.05) is 13.0 Å². The summed E-state index contributed by atoms with van der Waals surface area (Å²) in [5.74, 6) is -9.10. The molecule has 1 aliphatic heterocycles. The number of aliphatic hydroxyl groups excluding tert-OH is 1. The Balaban J connectivity index is 1.66. The molecule has 21 nitrogen and oxygen atoms in total. The van der Waals surface area contributed by atoms with Gasteiger partial charge in [-0.05, 0) is 43.7 Å². The molecule has 1 saturated heterocycles. The number of rotatable bonds is 22. The predicted molar refractivity (Wildman–Crippen MR) is 207 cm³/mol. The third-order valence-corrected chi connectivity index (χ3v) is 8.73. The quantitative estimate of drug-likeness (QED) is 0.0512. The average molecular weight is 842 g/mol. The Morgan fingerprint density at radius 3 is 1.88 bits per heavy atom. The number of benzene rings is 2. The molecule has 7 atom stereocenters. The summed E-state index contributed by atoms with van der Waals surface area (Å²) < 4.78 is 10.4. The van der Waals surface area contributed by atoms with Gasteiger partial charge in [-0.15, -0.1) is 0 Å². The summed E-state index contributed by atoms with van der Waals surface area (Å²) in [4.78, 5) is 115. The molecular formula is C39H51N7O14. The molecule has 2 aromatic carbocycles. The monoisotopic (exact) mass is 841 g/mol. The predicted octanol–water partition coefficient (Wildman–Crippen LogP) is -0.924. The van der Waals surface area contributed by atoms with Crippen LogP contribution < -0.4 is 32.0 Å². The minimum Gasteiger partial charge on any atom is -0.481 e. The number of carbonyl (C=O) groups is 9. The zero-order valence-corrected chi connectivity index (χ0v) is 33.4. The van der Waals surface area contributed by atoms with Crippen LogP contribution in [0.1, 0.15) is 58.1 Å². The number of alkyl carbamates (subject to hydrolysis) is 1. The molecule has 1 fully saturated rings. The van der Waals surface area contributed by atoms with E-state index < -0.39 is 115 Å². The zero-order valence-electron chi connectivity index (χ0n) is 33.4. The lowest BCUT2D eigenvalue weighted by molar-refractivity contribution is -0.152. The van der Waals surface area contributed by atoms with Crippen molar-refractivity contribution in [3.63, 3.8) is 0 Å². The summed E-state index contributed by atoms with van der Waals surface area (Å²) in [5.41, 5.74) is 3.48. The topological polar surface area (TPSA) is 311 Å². The maximum atomic E-state index is 13.5. The first-order valence-corrected chi connectivity index (χ1v) is 18.9. The van der Waals surface area contributed by atoms with Crippen molar-refractivity contribution >= 4 is 53.5 Å². The normalized spacial score (nSPS) is 16.6. The molecule has 9 N–H and O–H groups in total. The number of aliphatic hydroxyl groups is 1. The van der Waals surface area contributed by atoms with Gasteiger partial charge in [0.05, 0.1) is 6.10 Å². The summed E-state index contributed by atoms with van der Waals surface area (Å²) in [6.07, 6.45) is -6.78. The van der Waals surface area contributed by atoms with E-state index in [0.29, 0.717) is 10.6 Å². The minimum absolute atomic E-state index is 0.0715. The highest BCUT2D eigenvalue weighted by atomic mass is 16.6. The molecule has 1 heterocycles. The Hall–Kier alpha value is -6.61. The molecule has 0 saturated carbocycles. The lowest BCUT2D eigenvalue weighted by atomic mass is 10.0. The van der Waals surface area contributed by atoms with E-state index in [0.717, 1.165) is 12.5 Å². The van der Waals surface area contributed by atoms with Gasteiger partial charge in [-0.25, -0.2) is 9.80 Å². The molecule has 0 spiro atoms. The summed E-state index contributed by atoms with van der Waals surface area (Å²) >= 11 is 0. The number of epoxide rings is 1. The zero-order chi connectivity index (χ0) is 44.5. The van der Waals surface area contributed by atoms with Crippen molar-refractivity contribution in [3.8, 4) is 0 Å². The van der Waals surface area contributed by atoms with Crippen LogP contribution >= 0.6 is 0 Å². The number of aliphatic carboxylic acids is 2. The lowest BCUT2D eigenvalue weighted by Gasteiger charge is -2.28. The standard InChI is InChI=1S/C39H51N7O14/c1-21(2)17-27(43-39(58)59-20-25-13-9-6-10-14-25)35(54)42-26(15-16-28(48)49)34(53)44-30(23(4)47)36(55)45-46(19-29(50)51)38(57)32-31(60-32)37(56)41-22(3)33(52)40-18-24-11-7-5-8-12-24/h5-14,21-23,26-27,30-32,47H,15-20H2,1-4H3,(H,40,52)(H,41,56)(H,42,54)(H,43,58)(H,44,53)(H,45,55)(H,48,49)(H,50,51)/t22-,23+,26?,27-,30-,31-,32-/m0/s1. The minimum atomic E-state index is -1.92. The Labute approximate surface area is 344 Å². The number of hydrazine groups is 1. The number of nitrogens with one attached hydrogen (secondary N) is 6. The molecular weight excluding hydrogens is 790 g/mol. The van der Waals surface area contributed by atoms with Gasteiger partial charge >= 0.3 is 18.0 Å². The number of ether oxygens (including phenoxy) is 2. The largest absolute Gasteiger partial charge is 0.481 e. The highest BCUT2D eigenvalue weighted by Gasteiger charge is 2.53. The third-order valence-electron chi connectivity index (χ3n) is 8.73. The molecule has 0 bridgehead atoms. The van der Waals surface area contributed by atoms with Crippen LogP contribution in [0, 0.1) is 5.92 Å². The van der Waals surface area contributed by atoms with Crippen LogP contribution in [0.15, 0.2) is 60.7 Å². The first-order valence-electron chi connectivity index (χ1n) is 18.9. The van der Waals surface area contributed by atoms with E-state index in [4.69, 9.17) is 9.47 Å². The summed E-state index contributed by atoms with van der Waals surface area (Å²) in [7, 11) is 0. The maximum absolute atomic E-state index is 13.5. The van der Waals surface area contributed by atoms with E-state index in [1.807, 2.05) is 5.43 Å². The van der Waals surface area contributed by atoms with Crippen LogP contribution in [0.5, 0.6) is 0 Å². The Morgan fingerprint density at radius 1 is 0.717 bits per heavy atom. The Morgan fingerprint density at radius 2 is 1.32 bits per heavy atom. The number of carboxylic acid groups (broad SMARTS) is 2. The van der Waals surface area contributed by atoms with Crippen LogP contribution in [-0.4, -0.2) is 123 Å². The Bertz CT molecular complexity index is 1850. The first kappa shape index (κ1) is 47.8. The van der Waals surface area contributed by atoms with Crippen molar-refractivity contribution in [2.75, 3.05) is 6.54 Å². The van der Waals surface area contributed by atoms with Crippen molar-refractivity contribution in [3.05, 3.63) is 71.8 Å². The van der Waals surface area contributed by atoms with Crippen LogP contribution in [-0.2, 0) is 61.0 Å². The molecule has 0 aliphatic carbocycles. The van der Waals surface area contributed by atoms with Gasteiger partial charge in [0.25, 0.3) is 17.7 Å². The van der Waals surface area contributed by atoms with Gasteiger partial charge in [0.1, 0.15) is 37.3 Å². The number of amides is 7. The molecule has 2 aromatic rings. The SMILES string of the molecule is CC(C)C[C@H](NC(=O)OCc1ccccc1)C(=O)NC(CCC(=O)O)C(=O)N[C@H](C(=O)NN(CC(=O)O)C(=O)[C@H]1O[C@@H]1C(=O)N[C@@H](C)C(=O)NCc1ccccc1)[C@@H](C)O. The second kappa shape index (κ2) is 23.1. The van der Waals surface area contributed by atoms with Gasteiger partial charge in [-0.2, -0.15) is 0 Å². The van der Waals surface area contributed by atoms with E-state index in [-0.39, 0.29) is 25.5 Å². The number of carbonyl (C=O) groups excluding carboxylic acids is 7. The van der Waals surface area contributed by atoms with Crippen LogP contribution in [0.2, 0.25) is 0 Å². The van der Waals surface area contributed by atoms with Crippen molar-refractivity contribution in [1.82, 2.24) is 37.0 Å². The smallest absolute Gasteiger partial charge is 0.408 e. The molecule has 0 aromatic heterocycles. The first-order chi connectivity index (χ1) is 28.4. The van der Waals surface area contributed by atoms with Gasteiger partial charge in [0.2, 0.25) is 17.7 Å². The van der Waals surface area contributed by atoms with Gasteiger partial charge in [0.15, 0.2) is 12.2 Å². The summed E-state index contributed by atoms with van der Waals surface area (Å²) in [6.45, 7) is 4.90. The number of hydrogen-bond acceptors (Lipinski definition) is 12. The highest BCUT2D eigenvalue weighted by Crippen LogP contribution is 2.24. The van der Waals surface area contributed by atoms with E-state index in [1.165, 1.54) is 6.92 Å². The number of hydrogen-bond donors (Lipinski definition) is 9. The molecule has 1 unspecified atom stereocenters. The van der Waals surface area contributed by atoms with Crippen LogP contribution in [0.3, 0.4) is 0 Å². The second-order valence-electron chi connectivity index (χ2n) is 14.3. The fourth-order valence-electron chi connectivity index (χ4n) is 5.54. The summed E-state index contributed by atoms with van der Waals surface area (Å²) in [6, 6.07) is 11.8. The van der Waals surface area contributed by atoms with Crippen molar-refractivity contribution < 1.29 is 67.9 Å². The van der Waals surface area contributed by atoms with E-state index >= 15 is 0 Å². The molecule has 1 aliphatic rings. The van der Waals surface area contributed by atoms with E-state index in [1.54, 1.807) is 74.5 Å². The van der Waals surface area contributed by atoms with Gasteiger partial charge < -0.3 is 51.4 Å². The molecule has 7 amide bonds.